The Bertz CT molecular complexity index is 625. The van der Waals surface area contributed by atoms with Crippen molar-refractivity contribution in [3.63, 3.8) is 0 Å². The van der Waals surface area contributed by atoms with Gasteiger partial charge in [0.1, 0.15) is 5.60 Å². The number of aromatic nitrogens is 2. The summed E-state index contributed by atoms with van der Waals surface area (Å²) < 4.78 is 7.47. The zero-order valence-electron chi connectivity index (χ0n) is 12.7. The van der Waals surface area contributed by atoms with Crippen LogP contribution in [0.2, 0.25) is 0 Å². The summed E-state index contributed by atoms with van der Waals surface area (Å²) in [6.07, 6.45) is 0.570. The van der Waals surface area contributed by atoms with Crippen LogP contribution >= 0.6 is 0 Å². The van der Waals surface area contributed by atoms with Crippen molar-refractivity contribution in [2.45, 2.75) is 45.1 Å². The molecule has 21 heavy (non-hydrogen) atoms. The fourth-order valence-corrected chi connectivity index (χ4v) is 2.97. The highest BCUT2D eigenvalue weighted by Crippen LogP contribution is 2.25. The van der Waals surface area contributed by atoms with Gasteiger partial charge in [-0.1, -0.05) is 18.2 Å². The van der Waals surface area contributed by atoms with Crippen molar-refractivity contribution in [2.75, 3.05) is 13.2 Å². The molecule has 2 atom stereocenters. The first kappa shape index (κ1) is 14.5. The van der Waals surface area contributed by atoms with E-state index in [0.29, 0.717) is 26.1 Å². The average molecular weight is 289 g/mol. The van der Waals surface area contributed by atoms with E-state index >= 15 is 0 Å². The van der Waals surface area contributed by atoms with E-state index in [4.69, 9.17) is 4.74 Å². The molecule has 2 heterocycles. The summed E-state index contributed by atoms with van der Waals surface area (Å²) in [6.45, 7) is 6.69. The molecule has 2 unspecified atom stereocenters. The second-order valence-electron chi connectivity index (χ2n) is 5.75. The Kier molecular flexibility index (Phi) is 3.97. The highest BCUT2D eigenvalue weighted by Gasteiger charge is 2.39. The maximum absolute atomic E-state index is 10.5. The minimum atomic E-state index is -0.761. The lowest BCUT2D eigenvalue weighted by molar-refractivity contribution is -0.0263. The maximum Gasteiger partial charge on any atom is 0.105 e. The standard InChI is InChI=1S/C16H23N3O2/c1-3-19-15-7-5-4-6-13(15)14(18-19)10-17-11-16(20)8-9-21-12(16)2/h4-7,12,17,20H,3,8-11H2,1-2H3. The molecule has 1 aliphatic heterocycles. The van der Waals surface area contributed by atoms with Crippen LogP contribution in [-0.4, -0.2) is 39.7 Å². The third-order valence-corrected chi connectivity index (χ3v) is 4.42. The number of fused-ring (bicyclic) bond motifs is 1. The van der Waals surface area contributed by atoms with Gasteiger partial charge in [0.15, 0.2) is 0 Å². The molecule has 1 aromatic heterocycles. The fourth-order valence-electron chi connectivity index (χ4n) is 2.97. The Morgan fingerprint density at radius 3 is 3.00 bits per heavy atom. The van der Waals surface area contributed by atoms with Gasteiger partial charge in [-0.2, -0.15) is 5.10 Å². The zero-order chi connectivity index (χ0) is 14.9. The molecule has 0 aliphatic carbocycles. The molecule has 114 valence electrons. The molecule has 1 saturated heterocycles. The van der Waals surface area contributed by atoms with Gasteiger partial charge < -0.3 is 15.2 Å². The number of nitrogens with zero attached hydrogens (tertiary/aromatic N) is 2. The van der Waals surface area contributed by atoms with Gasteiger partial charge >= 0.3 is 0 Å². The van der Waals surface area contributed by atoms with E-state index in [1.54, 1.807) is 0 Å². The molecule has 0 bridgehead atoms. The Balaban J connectivity index is 1.71. The van der Waals surface area contributed by atoms with Gasteiger partial charge in [0, 0.05) is 38.0 Å². The third-order valence-electron chi connectivity index (χ3n) is 4.42. The lowest BCUT2D eigenvalue weighted by Gasteiger charge is -2.26. The van der Waals surface area contributed by atoms with Crippen molar-refractivity contribution >= 4 is 10.9 Å². The topological polar surface area (TPSA) is 59.3 Å². The van der Waals surface area contributed by atoms with Crippen LogP contribution in [-0.2, 0) is 17.8 Å². The molecule has 1 fully saturated rings. The predicted octanol–water partition coefficient (Wildman–Crippen LogP) is 1.69. The Morgan fingerprint density at radius 2 is 2.29 bits per heavy atom. The molecule has 5 nitrogen and oxygen atoms in total. The first-order valence-electron chi connectivity index (χ1n) is 7.63. The van der Waals surface area contributed by atoms with Crippen molar-refractivity contribution in [3.8, 4) is 0 Å². The highest BCUT2D eigenvalue weighted by molar-refractivity contribution is 5.81. The molecule has 2 N–H and O–H groups in total. The van der Waals surface area contributed by atoms with E-state index in [2.05, 4.69) is 29.5 Å². The van der Waals surface area contributed by atoms with Gasteiger partial charge in [-0.15, -0.1) is 0 Å². The Labute approximate surface area is 124 Å². The van der Waals surface area contributed by atoms with Crippen molar-refractivity contribution in [2.24, 2.45) is 0 Å². The molecule has 3 rings (SSSR count). The van der Waals surface area contributed by atoms with Crippen molar-refractivity contribution in [1.29, 1.82) is 0 Å². The van der Waals surface area contributed by atoms with Crippen LogP contribution in [0.3, 0.4) is 0 Å². The maximum atomic E-state index is 10.5. The van der Waals surface area contributed by atoms with Gasteiger partial charge in [-0.05, 0) is 19.9 Å². The zero-order valence-corrected chi connectivity index (χ0v) is 12.7. The summed E-state index contributed by atoms with van der Waals surface area (Å²) in [7, 11) is 0. The first-order chi connectivity index (χ1) is 10.1. The molecule has 1 aromatic carbocycles. The molecule has 0 spiro atoms. The minimum absolute atomic E-state index is 0.116. The molecule has 1 aliphatic rings. The van der Waals surface area contributed by atoms with Crippen LogP contribution in [0, 0.1) is 0 Å². The molecular formula is C16H23N3O2. The lowest BCUT2D eigenvalue weighted by Crippen LogP contribution is -2.45. The van der Waals surface area contributed by atoms with E-state index in [1.807, 2.05) is 23.7 Å². The Morgan fingerprint density at radius 1 is 1.48 bits per heavy atom. The molecule has 0 radical (unpaired) electrons. The monoisotopic (exact) mass is 289 g/mol. The number of para-hydroxylation sites is 1. The quantitative estimate of drug-likeness (QED) is 0.879. The van der Waals surface area contributed by atoms with Crippen LogP contribution in [0.4, 0.5) is 0 Å². The van der Waals surface area contributed by atoms with Gasteiger partial charge in [0.05, 0.1) is 17.3 Å². The summed E-state index contributed by atoms with van der Waals surface area (Å²) in [5.74, 6) is 0. The Hall–Kier alpha value is -1.43. The smallest absolute Gasteiger partial charge is 0.105 e. The second kappa shape index (κ2) is 5.75. The number of nitrogens with one attached hydrogen (secondary N) is 1. The number of benzene rings is 1. The van der Waals surface area contributed by atoms with Crippen molar-refractivity contribution in [3.05, 3.63) is 30.0 Å². The van der Waals surface area contributed by atoms with Gasteiger partial charge in [-0.25, -0.2) is 0 Å². The largest absolute Gasteiger partial charge is 0.386 e. The van der Waals surface area contributed by atoms with Crippen molar-refractivity contribution in [1.82, 2.24) is 15.1 Å². The number of aryl methyl sites for hydroxylation is 1. The summed E-state index contributed by atoms with van der Waals surface area (Å²) in [5.41, 5.74) is 1.43. The number of rotatable bonds is 5. The molecular weight excluding hydrogens is 266 g/mol. The molecule has 0 amide bonds. The molecule has 2 aromatic rings. The summed E-state index contributed by atoms with van der Waals surface area (Å²) >= 11 is 0. The normalized spacial score (nSPS) is 25.8. The van der Waals surface area contributed by atoms with E-state index < -0.39 is 5.60 Å². The van der Waals surface area contributed by atoms with E-state index in [1.165, 1.54) is 5.39 Å². The second-order valence-corrected chi connectivity index (χ2v) is 5.75. The summed E-state index contributed by atoms with van der Waals surface area (Å²) in [5, 5.41) is 19.7. The summed E-state index contributed by atoms with van der Waals surface area (Å²) in [4.78, 5) is 0. The third kappa shape index (κ3) is 2.69. The number of ether oxygens (including phenoxy) is 1. The highest BCUT2D eigenvalue weighted by atomic mass is 16.5. The molecule has 5 heteroatoms. The van der Waals surface area contributed by atoms with E-state index in [0.717, 1.165) is 17.8 Å². The van der Waals surface area contributed by atoms with E-state index in [-0.39, 0.29) is 6.10 Å². The SMILES string of the molecule is CCn1nc(CNCC2(O)CCOC2C)c2ccccc21. The van der Waals surface area contributed by atoms with Crippen LogP contribution in [0.1, 0.15) is 26.0 Å². The lowest BCUT2D eigenvalue weighted by atomic mass is 9.97. The van der Waals surface area contributed by atoms with Gasteiger partial charge in [0.2, 0.25) is 0 Å². The number of hydrogen-bond acceptors (Lipinski definition) is 4. The van der Waals surface area contributed by atoms with Crippen LogP contribution in [0.15, 0.2) is 24.3 Å². The van der Waals surface area contributed by atoms with Gasteiger partial charge in [-0.3, -0.25) is 4.68 Å². The van der Waals surface area contributed by atoms with Crippen LogP contribution < -0.4 is 5.32 Å². The van der Waals surface area contributed by atoms with Crippen molar-refractivity contribution < 1.29 is 9.84 Å². The molecule has 0 saturated carbocycles. The number of hydrogen-bond donors (Lipinski definition) is 2. The predicted molar refractivity (Wildman–Crippen MR) is 82.1 cm³/mol. The van der Waals surface area contributed by atoms with E-state index in [9.17, 15) is 5.11 Å². The van der Waals surface area contributed by atoms with Gasteiger partial charge in [0.25, 0.3) is 0 Å². The van der Waals surface area contributed by atoms with Crippen LogP contribution in [0.25, 0.3) is 10.9 Å². The summed E-state index contributed by atoms with van der Waals surface area (Å²) in [6, 6.07) is 8.26. The minimum Gasteiger partial charge on any atom is -0.386 e. The van der Waals surface area contributed by atoms with Crippen LogP contribution in [0.5, 0.6) is 0 Å². The fraction of sp³-hybridized carbons (Fsp3) is 0.562. The average Bonchev–Trinajstić information content (AvgIpc) is 3.01. The number of aliphatic hydroxyl groups is 1. The first-order valence-corrected chi connectivity index (χ1v) is 7.63.